The molecule has 0 saturated heterocycles. The molecule has 0 atom stereocenters. The van der Waals surface area contributed by atoms with Crippen LogP contribution in [0.1, 0.15) is 58.3 Å². The van der Waals surface area contributed by atoms with Crippen LogP contribution in [0, 0.1) is 0 Å². The number of hydrogen-bond donors (Lipinski definition) is 0. The molecular formula is C15H29BrN2. The molecule has 0 unspecified atom stereocenters. The summed E-state index contributed by atoms with van der Waals surface area (Å²) in [5.41, 5.74) is 0. The zero-order valence-corrected chi connectivity index (χ0v) is 13.5. The van der Waals surface area contributed by atoms with Gasteiger partial charge in [-0.15, -0.1) is 0 Å². The maximum Gasteiger partial charge on any atom is 0.0894 e. The molecule has 0 fully saturated rings. The molecule has 0 aromatic heterocycles. The molecule has 0 bridgehead atoms. The Morgan fingerprint density at radius 3 is 2.00 bits per heavy atom. The van der Waals surface area contributed by atoms with Crippen LogP contribution in [0.5, 0.6) is 0 Å². The second kappa shape index (κ2) is 10.7. The first kappa shape index (κ1) is 15.9. The Morgan fingerprint density at radius 2 is 1.39 bits per heavy atom. The van der Waals surface area contributed by atoms with Crippen LogP contribution >= 0.6 is 15.9 Å². The van der Waals surface area contributed by atoms with E-state index in [-0.39, 0.29) is 0 Å². The topological polar surface area (TPSA) is 6.48 Å². The van der Waals surface area contributed by atoms with Crippen molar-refractivity contribution < 1.29 is 0 Å². The van der Waals surface area contributed by atoms with Gasteiger partial charge >= 0.3 is 0 Å². The average Bonchev–Trinajstić information content (AvgIpc) is 2.81. The summed E-state index contributed by atoms with van der Waals surface area (Å²) in [4.78, 5) is 4.79. The molecule has 0 spiro atoms. The van der Waals surface area contributed by atoms with E-state index in [0.29, 0.717) is 0 Å². The number of unbranched alkanes of at least 4 members (excludes halogenated alkanes) is 7. The minimum absolute atomic E-state index is 1.06. The lowest BCUT2D eigenvalue weighted by Gasteiger charge is -2.20. The van der Waals surface area contributed by atoms with Gasteiger partial charge in [-0.2, -0.15) is 0 Å². The predicted molar refractivity (Wildman–Crippen MR) is 83.8 cm³/mol. The highest BCUT2D eigenvalue weighted by atomic mass is 79.9. The fourth-order valence-corrected chi connectivity index (χ4v) is 2.82. The van der Waals surface area contributed by atoms with E-state index < -0.39 is 0 Å². The van der Waals surface area contributed by atoms with Gasteiger partial charge in [0.2, 0.25) is 0 Å². The largest absolute Gasteiger partial charge is 0.359 e. The van der Waals surface area contributed by atoms with Crippen LogP contribution in [0.25, 0.3) is 0 Å². The highest BCUT2D eigenvalue weighted by Crippen LogP contribution is 2.11. The standard InChI is InChI=1S/C15H29BrN2/c1-2-3-4-5-6-7-8-9-11-17-13-14-18(15-17)12-10-16/h13-14H,2-12,15H2,1H3. The third kappa shape index (κ3) is 7.30. The Morgan fingerprint density at radius 1 is 0.833 bits per heavy atom. The Balaban J connectivity index is 1.86. The number of nitrogens with zero attached hydrogens (tertiary/aromatic N) is 2. The normalized spacial score (nSPS) is 14.8. The number of halogens is 1. The molecule has 0 amide bonds. The van der Waals surface area contributed by atoms with Gasteiger partial charge in [-0.25, -0.2) is 0 Å². The number of rotatable bonds is 11. The summed E-state index contributed by atoms with van der Waals surface area (Å²) in [6, 6.07) is 0. The van der Waals surface area contributed by atoms with E-state index in [9.17, 15) is 0 Å². The smallest absolute Gasteiger partial charge is 0.0894 e. The molecule has 1 aliphatic heterocycles. The van der Waals surface area contributed by atoms with Gasteiger partial charge in [0.15, 0.2) is 0 Å². The van der Waals surface area contributed by atoms with Crippen LogP contribution < -0.4 is 0 Å². The summed E-state index contributed by atoms with van der Waals surface area (Å²) in [6.07, 6.45) is 15.7. The van der Waals surface area contributed by atoms with Crippen LogP contribution in [-0.4, -0.2) is 34.9 Å². The maximum atomic E-state index is 3.48. The van der Waals surface area contributed by atoms with Crippen LogP contribution in [0.2, 0.25) is 0 Å². The molecule has 0 N–H and O–H groups in total. The molecule has 0 aliphatic carbocycles. The van der Waals surface area contributed by atoms with Crippen molar-refractivity contribution in [3.63, 3.8) is 0 Å². The molecule has 1 aliphatic rings. The lowest BCUT2D eigenvalue weighted by Crippen LogP contribution is -2.27. The lowest BCUT2D eigenvalue weighted by molar-refractivity contribution is 0.270. The van der Waals surface area contributed by atoms with Crippen molar-refractivity contribution in [3.05, 3.63) is 12.4 Å². The Labute approximate surface area is 122 Å². The number of hydrogen-bond acceptors (Lipinski definition) is 2. The fourth-order valence-electron chi connectivity index (χ4n) is 2.36. The lowest BCUT2D eigenvalue weighted by atomic mass is 10.1. The zero-order chi connectivity index (χ0) is 13.1. The van der Waals surface area contributed by atoms with E-state index in [2.05, 4.69) is 45.1 Å². The third-order valence-electron chi connectivity index (χ3n) is 3.52. The SMILES string of the molecule is CCCCCCCCCCN1C=CN(CCBr)C1. The summed E-state index contributed by atoms with van der Waals surface area (Å²) >= 11 is 3.48. The summed E-state index contributed by atoms with van der Waals surface area (Å²) in [6.45, 7) is 5.71. The molecule has 3 heteroatoms. The molecule has 0 aromatic carbocycles. The van der Waals surface area contributed by atoms with Crippen LogP contribution in [-0.2, 0) is 0 Å². The second-order valence-corrected chi connectivity index (χ2v) is 6.02. The van der Waals surface area contributed by atoms with Gasteiger partial charge in [-0.05, 0) is 6.42 Å². The maximum absolute atomic E-state index is 3.48. The van der Waals surface area contributed by atoms with Gasteiger partial charge in [-0.1, -0.05) is 67.8 Å². The highest BCUT2D eigenvalue weighted by molar-refractivity contribution is 9.09. The summed E-state index contributed by atoms with van der Waals surface area (Å²) < 4.78 is 0. The molecule has 18 heavy (non-hydrogen) atoms. The fraction of sp³-hybridized carbons (Fsp3) is 0.867. The van der Waals surface area contributed by atoms with Crippen molar-refractivity contribution >= 4 is 15.9 Å². The van der Waals surface area contributed by atoms with Gasteiger partial charge < -0.3 is 9.80 Å². The first-order valence-corrected chi connectivity index (χ1v) is 8.71. The van der Waals surface area contributed by atoms with E-state index in [1.54, 1.807) is 0 Å². The van der Waals surface area contributed by atoms with Gasteiger partial charge in [0.1, 0.15) is 0 Å². The van der Waals surface area contributed by atoms with Crippen LogP contribution in [0.4, 0.5) is 0 Å². The van der Waals surface area contributed by atoms with Crippen LogP contribution in [0.15, 0.2) is 12.4 Å². The molecular weight excluding hydrogens is 288 g/mol. The Bertz CT molecular complexity index is 219. The Kier molecular flexibility index (Phi) is 9.45. The quantitative estimate of drug-likeness (QED) is 0.407. The molecule has 0 aromatic rings. The molecule has 0 saturated carbocycles. The molecule has 106 valence electrons. The average molecular weight is 317 g/mol. The molecule has 0 radical (unpaired) electrons. The van der Waals surface area contributed by atoms with Crippen molar-refractivity contribution in [1.82, 2.24) is 9.80 Å². The first-order chi connectivity index (χ1) is 8.86. The minimum atomic E-state index is 1.06. The second-order valence-electron chi connectivity index (χ2n) is 5.23. The van der Waals surface area contributed by atoms with Gasteiger partial charge in [0.25, 0.3) is 0 Å². The van der Waals surface area contributed by atoms with Crippen molar-refractivity contribution in [1.29, 1.82) is 0 Å². The van der Waals surface area contributed by atoms with E-state index >= 15 is 0 Å². The summed E-state index contributed by atoms with van der Waals surface area (Å²) in [7, 11) is 0. The Hall–Kier alpha value is -0.180. The highest BCUT2D eigenvalue weighted by Gasteiger charge is 2.10. The van der Waals surface area contributed by atoms with Crippen molar-refractivity contribution in [2.75, 3.05) is 25.1 Å². The van der Waals surface area contributed by atoms with E-state index in [1.807, 2.05) is 0 Å². The van der Waals surface area contributed by atoms with E-state index in [1.165, 1.54) is 57.9 Å². The van der Waals surface area contributed by atoms with Gasteiger partial charge in [0, 0.05) is 30.8 Å². The van der Waals surface area contributed by atoms with Gasteiger partial charge in [-0.3, -0.25) is 0 Å². The van der Waals surface area contributed by atoms with Gasteiger partial charge in [0.05, 0.1) is 6.67 Å². The first-order valence-electron chi connectivity index (χ1n) is 7.59. The summed E-state index contributed by atoms with van der Waals surface area (Å²) in [5, 5.41) is 1.06. The molecule has 1 heterocycles. The minimum Gasteiger partial charge on any atom is -0.359 e. The predicted octanol–water partition coefficient (Wildman–Crippen LogP) is 4.57. The van der Waals surface area contributed by atoms with E-state index in [4.69, 9.17) is 0 Å². The van der Waals surface area contributed by atoms with Crippen LogP contribution in [0.3, 0.4) is 0 Å². The molecule has 1 rings (SSSR count). The summed E-state index contributed by atoms with van der Waals surface area (Å²) in [5.74, 6) is 0. The third-order valence-corrected chi connectivity index (χ3v) is 3.88. The van der Waals surface area contributed by atoms with Crippen molar-refractivity contribution in [3.8, 4) is 0 Å². The van der Waals surface area contributed by atoms with Crippen molar-refractivity contribution in [2.24, 2.45) is 0 Å². The molecule has 2 nitrogen and oxygen atoms in total. The van der Waals surface area contributed by atoms with E-state index in [0.717, 1.165) is 18.5 Å². The van der Waals surface area contributed by atoms with Crippen molar-refractivity contribution in [2.45, 2.75) is 58.3 Å². The zero-order valence-electron chi connectivity index (χ0n) is 11.9. The monoisotopic (exact) mass is 316 g/mol. The number of alkyl halides is 1.